The van der Waals surface area contributed by atoms with Crippen molar-refractivity contribution in [3.63, 3.8) is 0 Å². The van der Waals surface area contributed by atoms with Gasteiger partial charge in [-0.05, 0) is 49.2 Å². The van der Waals surface area contributed by atoms with E-state index in [0.717, 1.165) is 22.4 Å². The first-order valence-corrected chi connectivity index (χ1v) is 10.9. The van der Waals surface area contributed by atoms with Crippen molar-refractivity contribution in [1.29, 1.82) is 0 Å². The molecule has 0 aliphatic rings. The van der Waals surface area contributed by atoms with Crippen LogP contribution in [0.25, 0.3) is 16.9 Å². The predicted octanol–water partition coefficient (Wildman–Crippen LogP) is 4.33. The minimum absolute atomic E-state index is 0.0639. The number of nitrogens with zero attached hydrogens (tertiary/aromatic N) is 2. The first kappa shape index (κ1) is 22.3. The first-order chi connectivity index (χ1) is 16.0. The lowest BCUT2D eigenvalue weighted by Crippen LogP contribution is -2.35. The van der Waals surface area contributed by atoms with Gasteiger partial charge in [-0.3, -0.25) is 4.79 Å². The molecular weight excluding hydrogens is 414 g/mol. The molecule has 4 aromatic rings. The largest absolute Gasteiger partial charge is 0.491 e. The molecule has 1 amide bonds. The number of aromatic nitrogens is 2. The van der Waals surface area contributed by atoms with E-state index in [1.807, 2.05) is 92.7 Å². The van der Waals surface area contributed by atoms with Gasteiger partial charge in [0, 0.05) is 18.3 Å². The van der Waals surface area contributed by atoms with Crippen molar-refractivity contribution in [3.8, 4) is 22.7 Å². The van der Waals surface area contributed by atoms with Gasteiger partial charge >= 0.3 is 0 Å². The van der Waals surface area contributed by atoms with Gasteiger partial charge in [0.1, 0.15) is 24.2 Å². The van der Waals surface area contributed by atoms with Gasteiger partial charge in [0.15, 0.2) is 0 Å². The van der Waals surface area contributed by atoms with Crippen molar-refractivity contribution in [2.24, 2.45) is 0 Å². The molecule has 1 heterocycles. The fourth-order valence-electron chi connectivity index (χ4n) is 3.55. The summed E-state index contributed by atoms with van der Waals surface area (Å²) in [4.78, 5) is 13.1. The van der Waals surface area contributed by atoms with Crippen LogP contribution >= 0.6 is 0 Å². The lowest BCUT2D eigenvalue weighted by molar-refractivity contribution is 0.0844. The lowest BCUT2D eigenvalue weighted by Gasteiger charge is -2.14. The molecule has 0 fully saturated rings. The fraction of sp³-hybridized carbons (Fsp3) is 0.185. The molecule has 168 valence electrons. The minimum atomic E-state index is -0.847. The molecule has 0 aliphatic carbocycles. The van der Waals surface area contributed by atoms with Gasteiger partial charge in [-0.25, -0.2) is 4.68 Å². The van der Waals surface area contributed by atoms with Crippen LogP contribution in [0.3, 0.4) is 0 Å². The Morgan fingerprint density at radius 3 is 2.55 bits per heavy atom. The number of amides is 1. The van der Waals surface area contributed by atoms with Crippen LogP contribution in [0.5, 0.6) is 5.75 Å². The third-order valence-electron chi connectivity index (χ3n) is 5.31. The van der Waals surface area contributed by atoms with Crippen LogP contribution in [-0.2, 0) is 0 Å². The molecule has 0 bridgehead atoms. The van der Waals surface area contributed by atoms with E-state index in [1.165, 1.54) is 0 Å². The van der Waals surface area contributed by atoms with Crippen LogP contribution in [0.1, 0.15) is 21.5 Å². The van der Waals surface area contributed by atoms with Gasteiger partial charge in [-0.1, -0.05) is 54.6 Å². The quantitative estimate of drug-likeness (QED) is 0.427. The summed E-state index contributed by atoms with van der Waals surface area (Å²) in [6, 6.07) is 25.1. The highest BCUT2D eigenvalue weighted by Crippen LogP contribution is 2.26. The molecule has 0 saturated carbocycles. The summed E-state index contributed by atoms with van der Waals surface area (Å²) in [6.45, 7) is 4.11. The van der Waals surface area contributed by atoms with E-state index in [9.17, 15) is 9.90 Å². The first-order valence-electron chi connectivity index (χ1n) is 10.9. The topological polar surface area (TPSA) is 76.4 Å². The van der Waals surface area contributed by atoms with E-state index in [-0.39, 0.29) is 19.1 Å². The zero-order valence-corrected chi connectivity index (χ0v) is 18.7. The fourth-order valence-corrected chi connectivity index (χ4v) is 3.55. The minimum Gasteiger partial charge on any atom is -0.491 e. The van der Waals surface area contributed by atoms with Crippen molar-refractivity contribution < 1.29 is 14.6 Å². The Morgan fingerprint density at radius 2 is 1.79 bits per heavy atom. The summed E-state index contributed by atoms with van der Waals surface area (Å²) in [5.41, 5.74) is 4.89. The maximum atomic E-state index is 13.1. The molecule has 0 aliphatic heterocycles. The normalized spacial score (nSPS) is 11.7. The van der Waals surface area contributed by atoms with E-state index in [4.69, 9.17) is 9.84 Å². The van der Waals surface area contributed by atoms with Crippen molar-refractivity contribution in [2.45, 2.75) is 20.0 Å². The maximum absolute atomic E-state index is 13.1. The smallest absolute Gasteiger partial charge is 0.255 e. The van der Waals surface area contributed by atoms with Gasteiger partial charge in [0.25, 0.3) is 5.91 Å². The van der Waals surface area contributed by atoms with Crippen LogP contribution in [0, 0.1) is 13.8 Å². The molecule has 1 unspecified atom stereocenters. The zero-order chi connectivity index (χ0) is 23.2. The van der Waals surface area contributed by atoms with Crippen LogP contribution in [-0.4, -0.2) is 40.0 Å². The molecule has 0 spiro atoms. The number of hydrogen-bond acceptors (Lipinski definition) is 4. The third-order valence-corrected chi connectivity index (χ3v) is 5.31. The van der Waals surface area contributed by atoms with Crippen molar-refractivity contribution in [2.75, 3.05) is 13.2 Å². The Balaban J connectivity index is 1.50. The van der Waals surface area contributed by atoms with E-state index >= 15 is 0 Å². The SMILES string of the molecule is Cc1cccc(OCC(O)CNC(=O)c2cn(-c3ccccc3)nc2-c2ccccc2C)c1. The van der Waals surface area contributed by atoms with Crippen molar-refractivity contribution in [3.05, 3.63) is 102 Å². The molecule has 4 rings (SSSR count). The van der Waals surface area contributed by atoms with Gasteiger partial charge in [0.2, 0.25) is 0 Å². The Hall–Kier alpha value is -3.90. The summed E-state index contributed by atoms with van der Waals surface area (Å²) in [5.74, 6) is 0.386. The Bertz CT molecular complexity index is 1230. The number of carbonyl (C=O) groups excluding carboxylic acids is 1. The Morgan fingerprint density at radius 1 is 1.03 bits per heavy atom. The molecule has 33 heavy (non-hydrogen) atoms. The molecule has 1 atom stereocenters. The Kier molecular flexibility index (Phi) is 6.86. The van der Waals surface area contributed by atoms with Gasteiger partial charge < -0.3 is 15.2 Å². The number of aliphatic hydroxyl groups is 1. The molecule has 6 nitrogen and oxygen atoms in total. The van der Waals surface area contributed by atoms with Gasteiger partial charge in [-0.2, -0.15) is 5.10 Å². The second-order valence-corrected chi connectivity index (χ2v) is 7.98. The summed E-state index contributed by atoms with van der Waals surface area (Å²) in [6.07, 6.45) is 0.878. The average Bonchev–Trinajstić information content (AvgIpc) is 3.27. The molecule has 3 aromatic carbocycles. The van der Waals surface area contributed by atoms with Crippen molar-refractivity contribution in [1.82, 2.24) is 15.1 Å². The standard InChI is InChI=1S/C27H27N3O3/c1-19-9-8-13-23(15-19)33-18-22(31)16-28-27(32)25-17-30(21-11-4-3-5-12-21)29-26(25)24-14-7-6-10-20(24)2/h3-15,17,22,31H,16,18H2,1-2H3,(H,28,32). The number of aliphatic hydroxyl groups excluding tert-OH is 1. The number of benzene rings is 3. The number of carbonyl (C=O) groups is 1. The third kappa shape index (κ3) is 5.48. The summed E-state index contributed by atoms with van der Waals surface area (Å²) in [7, 11) is 0. The summed E-state index contributed by atoms with van der Waals surface area (Å²) in [5, 5.41) is 17.9. The monoisotopic (exact) mass is 441 g/mol. The van der Waals surface area contributed by atoms with Crippen LogP contribution in [0.2, 0.25) is 0 Å². The number of para-hydroxylation sites is 1. The van der Waals surface area contributed by atoms with Gasteiger partial charge in [0.05, 0.1) is 11.3 Å². The predicted molar refractivity (Wildman–Crippen MR) is 129 cm³/mol. The molecule has 1 aromatic heterocycles. The maximum Gasteiger partial charge on any atom is 0.255 e. The van der Waals surface area contributed by atoms with E-state index in [1.54, 1.807) is 10.9 Å². The molecular formula is C27H27N3O3. The van der Waals surface area contributed by atoms with Crippen LogP contribution in [0.4, 0.5) is 0 Å². The Labute approximate surface area is 193 Å². The molecule has 2 N–H and O–H groups in total. The summed E-state index contributed by atoms with van der Waals surface area (Å²) < 4.78 is 7.34. The molecule has 0 radical (unpaired) electrons. The number of aryl methyl sites for hydroxylation is 2. The van der Waals surface area contributed by atoms with Crippen LogP contribution < -0.4 is 10.1 Å². The lowest BCUT2D eigenvalue weighted by atomic mass is 10.0. The molecule has 0 saturated heterocycles. The summed E-state index contributed by atoms with van der Waals surface area (Å²) >= 11 is 0. The number of ether oxygens (including phenoxy) is 1. The van der Waals surface area contributed by atoms with Crippen LogP contribution in [0.15, 0.2) is 85.1 Å². The highest BCUT2D eigenvalue weighted by atomic mass is 16.5. The van der Waals surface area contributed by atoms with E-state index < -0.39 is 6.10 Å². The number of rotatable bonds is 8. The highest BCUT2D eigenvalue weighted by molar-refractivity contribution is 6.00. The van der Waals surface area contributed by atoms with Crippen molar-refractivity contribution >= 4 is 5.91 Å². The average molecular weight is 442 g/mol. The number of nitrogens with one attached hydrogen (secondary N) is 1. The number of hydrogen-bond donors (Lipinski definition) is 2. The second-order valence-electron chi connectivity index (χ2n) is 7.98. The van der Waals surface area contributed by atoms with Gasteiger partial charge in [-0.15, -0.1) is 0 Å². The van der Waals surface area contributed by atoms with E-state index in [2.05, 4.69) is 5.32 Å². The molecule has 6 heteroatoms. The zero-order valence-electron chi connectivity index (χ0n) is 18.7. The van der Waals surface area contributed by atoms with E-state index in [0.29, 0.717) is 17.0 Å². The second kappa shape index (κ2) is 10.1. The highest BCUT2D eigenvalue weighted by Gasteiger charge is 2.20.